The van der Waals surface area contributed by atoms with Gasteiger partial charge in [-0.3, -0.25) is 19.2 Å². The van der Waals surface area contributed by atoms with Gasteiger partial charge < -0.3 is 80.3 Å². The zero-order valence-electron chi connectivity index (χ0n) is 37.4. The molecule has 3 rings (SSSR count). The van der Waals surface area contributed by atoms with Gasteiger partial charge in [0.15, 0.2) is 12.6 Å². The number of nitrogens with zero attached hydrogens (tertiary/aromatic N) is 1. The average Bonchev–Trinajstić information content (AvgIpc) is 3.70. The van der Waals surface area contributed by atoms with Crippen molar-refractivity contribution in [1.82, 2.24) is 20.9 Å². The Balaban J connectivity index is 0.0000137. The summed E-state index contributed by atoms with van der Waals surface area (Å²) in [5.41, 5.74) is 0. The molecule has 13 atom stereocenters. The van der Waals surface area contributed by atoms with Gasteiger partial charge in [-0.2, -0.15) is 0 Å². The van der Waals surface area contributed by atoms with Crippen molar-refractivity contribution in [2.45, 2.75) is 171 Å². The molecule has 4 amide bonds. The molecule has 20 nitrogen and oxygen atoms in total. The number of unbranched alkanes of at least 4 members (excludes halogenated alkanes) is 5. The molecule has 3 fully saturated rings. The van der Waals surface area contributed by atoms with Crippen molar-refractivity contribution in [1.29, 1.82) is 0 Å². The molecule has 3 aliphatic heterocycles. The molecular weight excluding hydrogens is 905 g/mol. The summed E-state index contributed by atoms with van der Waals surface area (Å²) in [7, 11) is 1.59. The molecule has 0 aromatic heterocycles. The molecule has 0 spiro atoms. The number of aliphatic hydroxyl groups excluding tert-OH is 7. The van der Waals surface area contributed by atoms with Crippen molar-refractivity contribution in [3.63, 3.8) is 0 Å². The minimum Gasteiger partial charge on any atom is -0.394 e. The average molecular weight is 982 g/mol. The number of carbonyl (C=O) groups excluding carboxylic acids is 4. The number of amides is 4. The van der Waals surface area contributed by atoms with Crippen LogP contribution in [0.2, 0.25) is 0 Å². The van der Waals surface area contributed by atoms with Crippen molar-refractivity contribution in [2.24, 2.45) is 11.8 Å². The third-order valence-corrected chi connectivity index (χ3v) is 12.0. The van der Waals surface area contributed by atoms with Gasteiger partial charge in [0.2, 0.25) is 23.6 Å². The van der Waals surface area contributed by atoms with Crippen LogP contribution in [0.5, 0.6) is 0 Å². The first-order valence-electron chi connectivity index (χ1n) is 22.5. The van der Waals surface area contributed by atoms with Crippen molar-refractivity contribution >= 4 is 23.6 Å². The molecule has 10 N–H and O–H groups in total. The minimum absolute atomic E-state index is 0. The molecule has 10 unspecified atom stereocenters. The van der Waals surface area contributed by atoms with Crippen LogP contribution in [-0.2, 0) is 75.6 Å². The molecule has 3 saturated heterocycles. The number of hydrogen-bond acceptors (Lipinski definition) is 16. The Morgan fingerprint density at radius 1 is 0.667 bits per heavy atom. The van der Waals surface area contributed by atoms with E-state index < -0.39 is 80.3 Å². The van der Waals surface area contributed by atoms with E-state index in [0.29, 0.717) is 96.7 Å². The van der Waals surface area contributed by atoms with Crippen LogP contribution < -0.4 is 16.0 Å². The molecular formula is C42H76N4O16Y. The quantitative estimate of drug-likeness (QED) is 0.0384. The van der Waals surface area contributed by atoms with Gasteiger partial charge in [-0.05, 0) is 64.2 Å². The first kappa shape index (κ1) is 57.6. The first-order valence-corrected chi connectivity index (χ1v) is 22.5. The standard InChI is InChI=1S/C42H76N4O16.Y/c1-26-36(53)38(55)31(24-48)61-41(26)59-19-11-7-14-33(50)43-17-10-6-13-30(40(57)44-18-9-4-5-16-35(52)46-22-29(58-3)21-28(46)23-47)45-34(51)15-8-12-20-60-42-27(2)37(54)39(56)32(25-49)62-42;/h26-32,36-39,41-42,47-49,53-56H,4-25H2,1-3H3,(H,43,50)(H,44,57)(H,45,51);/t26?,27?,28-,29+,30-,31?,32?,36?,37?,38?,39?,41?,42?;/m0./s1. The topological polar surface area (TPSA) is 295 Å². The van der Waals surface area contributed by atoms with Crippen LogP contribution in [0.4, 0.5) is 0 Å². The molecule has 0 saturated carbocycles. The second kappa shape index (κ2) is 31.5. The van der Waals surface area contributed by atoms with Gasteiger partial charge in [0.05, 0.1) is 44.2 Å². The summed E-state index contributed by atoms with van der Waals surface area (Å²) in [5, 5.41) is 77.6. The maximum Gasteiger partial charge on any atom is 0.242 e. The monoisotopic (exact) mass is 981 g/mol. The van der Waals surface area contributed by atoms with Crippen LogP contribution in [0.25, 0.3) is 0 Å². The molecule has 0 aromatic carbocycles. The predicted molar refractivity (Wildman–Crippen MR) is 222 cm³/mol. The van der Waals surface area contributed by atoms with Crippen molar-refractivity contribution in [2.75, 3.05) is 59.8 Å². The van der Waals surface area contributed by atoms with Crippen LogP contribution >= 0.6 is 0 Å². The van der Waals surface area contributed by atoms with Crippen molar-refractivity contribution < 1.29 is 111 Å². The Bertz CT molecular complexity index is 1320. The number of methoxy groups -OCH3 is 1. The summed E-state index contributed by atoms with van der Waals surface area (Å²) in [6, 6.07) is -1.04. The second-order valence-electron chi connectivity index (χ2n) is 16.8. The van der Waals surface area contributed by atoms with Crippen molar-refractivity contribution in [3.05, 3.63) is 0 Å². The fourth-order valence-corrected chi connectivity index (χ4v) is 7.90. The Kier molecular flexibility index (Phi) is 28.8. The molecule has 21 heteroatoms. The van der Waals surface area contributed by atoms with E-state index in [0.717, 1.165) is 0 Å². The van der Waals surface area contributed by atoms with Gasteiger partial charge in [0.1, 0.15) is 30.5 Å². The van der Waals surface area contributed by atoms with E-state index in [1.165, 1.54) is 0 Å². The van der Waals surface area contributed by atoms with Crippen LogP contribution in [-0.4, -0.2) is 191 Å². The summed E-state index contributed by atoms with van der Waals surface area (Å²) in [5.74, 6) is -1.84. The van der Waals surface area contributed by atoms with Crippen LogP contribution in [0.3, 0.4) is 0 Å². The molecule has 0 aliphatic carbocycles. The summed E-state index contributed by atoms with van der Waals surface area (Å²) >= 11 is 0. The SMILES string of the molecule is CO[C@@H]1C[C@@H](CO)N(C(=O)CCCCCNC(=O)[C@H](CCCCNC(=O)CCCCOC2OC(CO)C(O)C(O)C2C)NC(=O)CCCCOC2OC(CO)C(O)C(O)C2C)C1.[Y]. The Hall–Kier alpha value is -1.50. The summed E-state index contributed by atoms with van der Waals surface area (Å²) in [6.07, 6.45) is -1.49. The second-order valence-corrected chi connectivity index (χ2v) is 16.8. The molecule has 63 heavy (non-hydrogen) atoms. The van der Waals surface area contributed by atoms with Crippen LogP contribution in [0.1, 0.15) is 104 Å². The van der Waals surface area contributed by atoms with E-state index in [1.54, 1.807) is 25.9 Å². The number of ether oxygens (including phenoxy) is 5. The van der Waals surface area contributed by atoms with E-state index in [9.17, 15) is 54.9 Å². The third kappa shape index (κ3) is 19.3. The predicted octanol–water partition coefficient (Wildman–Crippen LogP) is -1.44. The normalized spacial score (nSPS) is 30.0. The van der Waals surface area contributed by atoms with Gasteiger partial charge in [0.25, 0.3) is 0 Å². The van der Waals surface area contributed by atoms with E-state index >= 15 is 0 Å². The van der Waals surface area contributed by atoms with Crippen LogP contribution in [0, 0.1) is 11.8 Å². The van der Waals surface area contributed by atoms with E-state index in [4.69, 9.17) is 23.7 Å². The number of nitrogens with one attached hydrogen (secondary N) is 3. The van der Waals surface area contributed by atoms with Gasteiger partial charge >= 0.3 is 0 Å². The number of aliphatic hydroxyl groups is 7. The number of rotatable bonds is 29. The largest absolute Gasteiger partial charge is 0.394 e. The third-order valence-electron chi connectivity index (χ3n) is 12.0. The summed E-state index contributed by atoms with van der Waals surface area (Å²) in [4.78, 5) is 53.2. The molecule has 1 radical (unpaired) electrons. The molecule has 0 bridgehead atoms. The van der Waals surface area contributed by atoms with Gasteiger partial charge in [-0.25, -0.2) is 0 Å². The first-order chi connectivity index (χ1) is 29.8. The van der Waals surface area contributed by atoms with Gasteiger partial charge in [-0.1, -0.05) is 20.3 Å². The van der Waals surface area contributed by atoms with E-state index in [-0.39, 0.29) is 101 Å². The molecule has 0 aromatic rings. The molecule has 3 aliphatic rings. The smallest absolute Gasteiger partial charge is 0.242 e. The number of carbonyl (C=O) groups is 4. The van der Waals surface area contributed by atoms with Crippen LogP contribution in [0.15, 0.2) is 0 Å². The zero-order chi connectivity index (χ0) is 45.6. The maximum absolute atomic E-state index is 13.3. The van der Waals surface area contributed by atoms with E-state index in [1.807, 2.05) is 0 Å². The summed E-state index contributed by atoms with van der Waals surface area (Å²) in [6.45, 7) is 4.01. The van der Waals surface area contributed by atoms with Crippen molar-refractivity contribution in [3.8, 4) is 0 Å². The fraction of sp³-hybridized carbons (Fsp3) is 0.905. The fourth-order valence-electron chi connectivity index (χ4n) is 7.90. The number of likely N-dealkylation sites (tertiary alicyclic amines) is 1. The Morgan fingerprint density at radius 2 is 1.19 bits per heavy atom. The van der Waals surface area contributed by atoms with Gasteiger partial charge in [0, 0.05) is 104 Å². The summed E-state index contributed by atoms with van der Waals surface area (Å²) < 4.78 is 28.0. The maximum atomic E-state index is 13.3. The molecule has 3 heterocycles. The Labute approximate surface area is 396 Å². The minimum atomic E-state index is -1.23. The van der Waals surface area contributed by atoms with E-state index in [2.05, 4.69) is 16.0 Å². The number of hydrogen-bond donors (Lipinski definition) is 10. The molecule has 363 valence electrons. The zero-order valence-corrected chi connectivity index (χ0v) is 40.2. The Morgan fingerprint density at radius 3 is 1.73 bits per heavy atom. The van der Waals surface area contributed by atoms with Gasteiger partial charge in [-0.15, -0.1) is 0 Å².